The Labute approximate surface area is 283 Å². The molecule has 0 radical (unpaired) electrons. The van der Waals surface area contributed by atoms with Gasteiger partial charge in [-0.25, -0.2) is 4.79 Å². The third-order valence-electron chi connectivity index (χ3n) is 8.26. The lowest BCUT2D eigenvalue weighted by atomic mass is 9.81. The molecule has 8 nitrogen and oxygen atoms in total. The number of halogens is 2. The van der Waals surface area contributed by atoms with Crippen LogP contribution in [0.4, 0.5) is 16.2 Å². The average molecular weight is 817 g/mol. The summed E-state index contributed by atoms with van der Waals surface area (Å²) in [5, 5.41) is 15.6. The zero-order valence-electron chi connectivity index (χ0n) is 25.5. The molecule has 43 heavy (non-hydrogen) atoms. The van der Waals surface area contributed by atoms with E-state index in [1.807, 2.05) is 69.3 Å². The van der Waals surface area contributed by atoms with E-state index in [0.29, 0.717) is 11.6 Å². The number of amides is 3. The molecule has 10 heteroatoms. The highest BCUT2D eigenvalue weighted by Gasteiger charge is 2.42. The molecule has 236 valence electrons. The second-order valence-corrected chi connectivity index (χ2v) is 15.1. The summed E-state index contributed by atoms with van der Waals surface area (Å²) in [7, 11) is 0. The number of hydrogen-bond donors (Lipinski definition) is 4. The van der Waals surface area contributed by atoms with Gasteiger partial charge in [0.05, 0.1) is 6.04 Å². The molecule has 2 aliphatic carbocycles. The van der Waals surface area contributed by atoms with Gasteiger partial charge in [0, 0.05) is 24.1 Å². The van der Waals surface area contributed by atoms with E-state index >= 15 is 0 Å². The Bertz CT molecular complexity index is 1190. The highest BCUT2D eigenvalue weighted by Crippen LogP contribution is 2.33. The fourth-order valence-corrected chi connectivity index (χ4v) is 6.75. The van der Waals surface area contributed by atoms with Gasteiger partial charge in [0.15, 0.2) is 0 Å². The second kappa shape index (κ2) is 17.0. The minimum absolute atomic E-state index is 0.0527. The van der Waals surface area contributed by atoms with Crippen molar-refractivity contribution in [3.8, 4) is 0 Å². The van der Waals surface area contributed by atoms with Crippen LogP contribution in [0.2, 0.25) is 0 Å². The molecule has 0 aliphatic heterocycles. The molecule has 0 heterocycles. The summed E-state index contributed by atoms with van der Waals surface area (Å²) in [5.74, 6) is 0.129. The Morgan fingerprint density at radius 2 is 1.14 bits per heavy atom. The molecule has 0 aromatic heterocycles. The summed E-state index contributed by atoms with van der Waals surface area (Å²) in [6.45, 7) is 5.53. The first kappa shape index (κ1) is 35.5. The lowest BCUT2D eigenvalue weighted by Crippen LogP contribution is -2.58. The third kappa shape index (κ3) is 11.2. The Balaban J connectivity index is 0.000000248. The van der Waals surface area contributed by atoms with E-state index in [9.17, 15) is 19.5 Å². The summed E-state index contributed by atoms with van der Waals surface area (Å²) in [5.41, 5.74) is 6.94. The van der Waals surface area contributed by atoms with E-state index in [2.05, 4.69) is 55.8 Å². The van der Waals surface area contributed by atoms with Crippen LogP contribution < -0.4 is 16.4 Å². The van der Waals surface area contributed by atoms with Crippen LogP contribution in [0.5, 0.6) is 0 Å². The quantitative estimate of drug-likeness (QED) is 0.211. The molecule has 2 aromatic rings. The van der Waals surface area contributed by atoms with Crippen LogP contribution in [0, 0.1) is 19.0 Å². The summed E-state index contributed by atoms with van der Waals surface area (Å²) < 4.78 is 2.24. The number of carbonyl (C=O) groups is 3. The summed E-state index contributed by atoms with van der Waals surface area (Å²) in [6.07, 6.45) is 9.86. The molecular formula is C33H46I2N4O4. The summed E-state index contributed by atoms with van der Waals surface area (Å²) in [6, 6.07) is 14.3. The van der Waals surface area contributed by atoms with Crippen LogP contribution >= 0.6 is 45.2 Å². The van der Waals surface area contributed by atoms with E-state index in [1.54, 1.807) is 0 Å². The van der Waals surface area contributed by atoms with Gasteiger partial charge in [0.1, 0.15) is 6.04 Å². The van der Waals surface area contributed by atoms with E-state index < -0.39 is 17.7 Å². The van der Waals surface area contributed by atoms with Gasteiger partial charge in [0.2, 0.25) is 11.8 Å². The van der Waals surface area contributed by atoms with Crippen LogP contribution in [-0.4, -0.2) is 45.5 Å². The van der Waals surface area contributed by atoms with Gasteiger partial charge in [-0.2, -0.15) is 0 Å². The lowest BCUT2D eigenvalue weighted by Gasteiger charge is -2.43. The first-order chi connectivity index (χ1) is 20.4. The number of nitrogens with one attached hydrogen (secondary N) is 2. The maximum Gasteiger partial charge on any atom is 0.408 e. The third-order valence-corrected chi connectivity index (χ3v) is 9.69. The second-order valence-electron chi connectivity index (χ2n) is 12.6. The number of benzene rings is 2. The van der Waals surface area contributed by atoms with Gasteiger partial charge in [-0.3, -0.25) is 14.5 Å². The molecule has 2 aliphatic rings. The van der Waals surface area contributed by atoms with Crippen molar-refractivity contribution in [3.63, 3.8) is 0 Å². The standard InChI is InChI=1S/C19H27IN2O3.C14H19IN2O/c1-19(2,3)22(18(24)25)16(13-7-5-4-6-8-13)17(23)21-15-11-9-14(20)10-12-15;15-11-6-8-12(9-7-11)17-14(18)13(16)10-4-2-1-3-5-10/h9-13,16H,4-8H2,1-3H3,(H,21,23)(H,24,25);6-10,13H,1-5,16H2,(H,17,18)/t16-;13-/m00/s1. The Morgan fingerprint density at radius 3 is 1.53 bits per heavy atom. The topological polar surface area (TPSA) is 125 Å². The van der Waals surface area contributed by atoms with Crippen LogP contribution in [-0.2, 0) is 9.59 Å². The maximum atomic E-state index is 13.1. The number of nitrogens with zero attached hydrogens (tertiary/aromatic N) is 1. The van der Waals surface area contributed by atoms with Crippen molar-refractivity contribution in [1.82, 2.24) is 4.90 Å². The van der Waals surface area contributed by atoms with Crippen molar-refractivity contribution in [2.75, 3.05) is 10.6 Å². The van der Waals surface area contributed by atoms with Gasteiger partial charge < -0.3 is 21.5 Å². The van der Waals surface area contributed by atoms with Crippen molar-refractivity contribution in [2.45, 2.75) is 103 Å². The minimum atomic E-state index is -1.04. The number of nitrogens with two attached hydrogens (primary N) is 1. The molecule has 2 atom stereocenters. The number of rotatable bonds is 7. The van der Waals surface area contributed by atoms with Crippen LogP contribution in [0.15, 0.2) is 48.5 Å². The van der Waals surface area contributed by atoms with E-state index in [-0.39, 0.29) is 23.8 Å². The minimum Gasteiger partial charge on any atom is -0.465 e. The fourth-order valence-electron chi connectivity index (χ4n) is 6.03. The van der Waals surface area contributed by atoms with Crippen LogP contribution in [0.25, 0.3) is 0 Å². The van der Waals surface area contributed by atoms with Gasteiger partial charge in [-0.15, -0.1) is 0 Å². The zero-order valence-corrected chi connectivity index (χ0v) is 29.8. The largest absolute Gasteiger partial charge is 0.465 e. The van der Waals surface area contributed by atoms with Crippen molar-refractivity contribution in [2.24, 2.45) is 17.6 Å². The molecule has 2 fully saturated rings. The summed E-state index contributed by atoms with van der Waals surface area (Å²) in [4.78, 5) is 38.4. The molecular weight excluding hydrogens is 770 g/mol. The Kier molecular flexibility index (Phi) is 14.0. The van der Waals surface area contributed by atoms with Gasteiger partial charge in [-0.1, -0.05) is 38.5 Å². The Hall–Kier alpha value is -1.93. The van der Waals surface area contributed by atoms with E-state index in [1.165, 1.54) is 24.2 Å². The number of carbonyl (C=O) groups excluding carboxylic acids is 2. The smallest absolute Gasteiger partial charge is 0.408 e. The van der Waals surface area contributed by atoms with Crippen LogP contribution in [0.1, 0.15) is 85.0 Å². The van der Waals surface area contributed by atoms with Gasteiger partial charge >= 0.3 is 6.09 Å². The molecule has 2 aromatic carbocycles. The molecule has 4 rings (SSSR count). The molecule has 0 saturated heterocycles. The van der Waals surface area contributed by atoms with Crippen molar-refractivity contribution < 1.29 is 19.5 Å². The normalized spacial score (nSPS) is 17.5. The first-order valence-electron chi connectivity index (χ1n) is 15.3. The predicted octanol–water partition coefficient (Wildman–Crippen LogP) is 8.09. The van der Waals surface area contributed by atoms with Crippen LogP contribution in [0.3, 0.4) is 0 Å². The maximum absolute atomic E-state index is 13.1. The molecule has 5 N–H and O–H groups in total. The number of carboxylic acid groups (broad SMARTS) is 1. The summed E-state index contributed by atoms with van der Waals surface area (Å²) >= 11 is 4.45. The molecule has 2 saturated carbocycles. The molecule has 0 spiro atoms. The average Bonchev–Trinajstić information content (AvgIpc) is 2.98. The van der Waals surface area contributed by atoms with Crippen molar-refractivity contribution in [3.05, 3.63) is 55.7 Å². The highest BCUT2D eigenvalue weighted by atomic mass is 127. The SMILES string of the molecule is CC(C)(C)N(C(=O)O)[C@H](C(=O)Nc1ccc(I)cc1)C1CCCCC1.N[C@H](C(=O)Nc1ccc(I)cc1)C1CCCCC1. The first-order valence-corrected chi connectivity index (χ1v) is 17.4. The van der Waals surface area contributed by atoms with Crippen molar-refractivity contribution >= 4 is 74.5 Å². The molecule has 0 bridgehead atoms. The lowest BCUT2D eigenvalue weighted by molar-refractivity contribution is -0.125. The molecule has 0 unspecified atom stereocenters. The molecule has 3 amide bonds. The number of hydrogen-bond acceptors (Lipinski definition) is 4. The highest BCUT2D eigenvalue weighted by molar-refractivity contribution is 14.1. The predicted molar refractivity (Wildman–Crippen MR) is 190 cm³/mol. The van der Waals surface area contributed by atoms with E-state index in [0.717, 1.165) is 57.8 Å². The monoisotopic (exact) mass is 816 g/mol. The van der Waals surface area contributed by atoms with Crippen molar-refractivity contribution in [1.29, 1.82) is 0 Å². The number of anilines is 2. The van der Waals surface area contributed by atoms with Gasteiger partial charge in [-0.05, 0) is 152 Å². The Morgan fingerprint density at radius 1 is 0.744 bits per heavy atom. The fraction of sp³-hybridized carbons (Fsp3) is 0.545. The zero-order chi connectivity index (χ0) is 31.6. The van der Waals surface area contributed by atoms with Gasteiger partial charge in [0.25, 0.3) is 0 Å². The van der Waals surface area contributed by atoms with E-state index in [4.69, 9.17) is 5.73 Å².